The summed E-state index contributed by atoms with van der Waals surface area (Å²) in [6.45, 7) is 7.64. The highest BCUT2D eigenvalue weighted by molar-refractivity contribution is 6.80. The molecule has 0 amide bonds. The van der Waals surface area contributed by atoms with Crippen molar-refractivity contribution in [2.24, 2.45) is 4.99 Å². The average Bonchev–Trinajstić information content (AvgIpc) is 2.38. The fourth-order valence-electron chi connectivity index (χ4n) is 2.68. The van der Waals surface area contributed by atoms with Crippen LogP contribution in [0.5, 0.6) is 0 Å². The Hall–Kier alpha value is -1.71. The molecule has 0 spiro atoms. The molecule has 1 radical (unpaired) electrons. The van der Waals surface area contributed by atoms with Gasteiger partial charge in [-0.3, -0.25) is 4.99 Å². The standard InChI is InChI=1S/C17H20BFNO/c1-5-20-15-10-17(3,4)18-16(21)13(15)9-12-7-6-8-14(19)11(12)2/h5-8H,9-10H2,1-4H3. The molecular weight excluding hydrogens is 264 g/mol. The monoisotopic (exact) mass is 284 g/mol. The van der Waals surface area contributed by atoms with E-state index in [9.17, 15) is 9.18 Å². The highest BCUT2D eigenvalue weighted by Crippen LogP contribution is 2.39. The molecule has 4 heteroatoms. The SMILES string of the molecule is CC=NC1=C(Cc2cccc(F)c2C)C(=O)[B]C(C)(C)C1. The molecule has 1 aliphatic heterocycles. The van der Waals surface area contributed by atoms with Crippen LogP contribution in [0.25, 0.3) is 0 Å². The molecule has 1 aromatic rings. The molecule has 1 heterocycles. The molecule has 0 aliphatic carbocycles. The molecule has 1 aromatic carbocycles. The Morgan fingerprint density at radius 2 is 2.14 bits per heavy atom. The summed E-state index contributed by atoms with van der Waals surface area (Å²) < 4.78 is 13.7. The zero-order chi connectivity index (χ0) is 15.6. The fraction of sp³-hybridized carbons (Fsp3) is 0.412. The zero-order valence-electron chi connectivity index (χ0n) is 13.0. The Labute approximate surface area is 126 Å². The summed E-state index contributed by atoms with van der Waals surface area (Å²) in [5, 5.41) is -0.181. The van der Waals surface area contributed by atoms with Gasteiger partial charge in [0, 0.05) is 23.9 Å². The van der Waals surface area contributed by atoms with Crippen LogP contribution in [0.15, 0.2) is 34.5 Å². The summed E-state index contributed by atoms with van der Waals surface area (Å²) in [7, 11) is 1.76. The maximum atomic E-state index is 13.7. The summed E-state index contributed by atoms with van der Waals surface area (Å²) in [5.41, 5.74) is 2.95. The topological polar surface area (TPSA) is 29.4 Å². The van der Waals surface area contributed by atoms with Crippen LogP contribution >= 0.6 is 0 Å². The summed E-state index contributed by atoms with van der Waals surface area (Å²) in [6, 6.07) is 4.99. The van der Waals surface area contributed by atoms with Gasteiger partial charge in [-0.15, -0.1) is 0 Å². The van der Waals surface area contributed by atoms with Crippen LogP contribution in [-0.4, -0.2) is 19.2 Å². The van der Waals surface area contributed by atoms with Gasteiger partial charge in [0.15, 0.2) is 0 Å². The van der Waals surface area contributed by atoms with Gasteiger partial charge in [-0.2, -0.15) is 0 Å². The molecular formula is C17H20BFNO. The van der Waals surface area contributed by atoms with Gasteiger partial charge < -0.3 is 4.79 Å². The van der Waals surface area contributed by atoms with Crippen LogP contribution < -0.4 is 0 Å². The molecule has 1 aliphatic rings. The Kier molecular flexibility index (Phi) is 4.45. The quantitative estimate of drug-likeness (QED) is 0.612. The maximum absolute atomic E-state index is 13.7. The van der Waals surface area contributed by atoms with Crippen molar-refractivity contribution in [3.63, 3.8) is 0 Å². The average molecular weight is 284 g/mol. The lowest BCUT2D eigenvalue weighted by Gasteiger charge is -2.30. The van der Waals surface area contributed by atoms with Crippen LogP contribution in [0.4, 0.5) is 4.39 Å². The minimum atomic E-state index is -0.235. The van der Waals surface area contributed by atoms with Gasteiger partial charge in [-0.25, -0.2) is 4.39 Å². The van der Waals surface area contributed by atoms with E-state index in [1.165, 1.54) is 6.07 Å². The smallest absolute Gasteiger partial charge is 0.215 e. The molecule has 0 saturated heterocycles. The second kappa shape index (κ2) is 5.96. The highest BCUT2D eigenvalue weighted by Gasteiger charge is 2.34. The van der Waals surface area contributed by atoms with E-state index in [0.29, 0.717) is 17.6 Å². The number of hydrogen-bond donors (Lipinski definition) is 0. The lowest BCUT2D eigenvalue weighted by molar-refractivity contribution is -0.109. The third kappa shape index (κ3) is 3.49. The molecule has 0 bridgehead atoms. The van der Waals surface area contributed by atoms with Crippen LogP contribution in [0.2, 0.25) is 5.31 Å². The molecule has 2 rings (SSSR count). The van der Waals surface area contributed by atoms with Crippen LogP contribution in [0, 0.1) is 12.7 Å². The third-order valence-electron chi connectivity index (χ3n) is 3.82. The number of allylic oxidation sites excluding steroid dienone is 2. The first-order chi connectivity index (χ1) is 9.84. The second-order valence-electron chi connectivity index (χ2n) is 6.19. The highest BCUT2D eigenvalue weighted by atomic mass is 19.1. The molecule has 0 N–H and O–H groups in total. The lowest BCUT2D eigenvalue weighted by Crippen LogP contribution is -2.30. The van der Waals surface area contributed by atoms with Gasteiger partial charge in [-0.1, -0.05) is 26.0 Å². The predicted octanol–water partition coefficient (Wildman–Crippen LogP) is 3.85. The van der Waals surface area contributed by atoms with E-state index < -0.39 is 0 Å². The molecule has 109 valence electrons. The third-order valence-corrected chi connectivity index (χ3v) is 3.82. The maximum Gasteiger partial charge on any atom is 0.215 e. The van der Waals surface area contributed by atoms with Gasteiger partial charge in [0.05, 0.1) is 0 Å². The van der Waals surface area contributed by atoms with Gasteiger partial charge in [0.1, 0.15) is 11.5 Å². The molecule has 0 atom stereocenters. The van der Waals surface area contributed by atoms with E-state index in [2.05, 4.69) is 4.99 Å². The van der Waals surface area contributed by atoms with Crippen molar-refractivity contribution in [2.75, 3.05) is 0 Å². The minimum absolute atomic E-state index is 0.00973. The van der Waals surface area contributed by atoms with Crippen molar-refractivity contribution in [3.8, 4) is 0 Å². The Balaban J connectivity index is 2.43. The number of halogens is 1. The van der Waals surface area contributed by atoms with E-state index in [-0.39, 0.29) is 16.8 Å². The van der Waals surface area contributed by atoms with Crippen molar-refractivity contribution in [1.82, 2.24) is 0 Å². The summed E-state index contributed by atoms with van der Waals surface area (Å²) in [5.74, 6) is -0.235. The number of nitrogens with zero attached hydrogens (tertiary/aromatic N) is 1. The number of carbonyl (C=O) groups excluding carboxylic acids is 1. The Bertz CT molecular complexity index is 632. The van der Waals surface area contributed by atoms with E-state index in [1.807, 2.05) is 26.8 Å². The first-order valence-corrected chi connectivity index (χ1v) is 7.19. The van der Waals surface area contributed by atoms with E-state index >= 15 is 0 Å². The van der Waals surface area contributed by atoms with Crippen LogP contribution in [0.3, 0.4) is 0 Å². The van der Waals surface area contributed by atoms with Gasteiger partial charge in [0.2, 0.25) is 7.28 Å². The van der Waals surface area contributed by atoms with Crippen molar-refractivity contribution < 1.29 is 9.18 Å². The largest absolute Gasteiger partial charge is 0.307 e. The van der Waals surface area contributed by atoms with Gasteiger partial charge >= 0.3 is 0 Å². The predicted molar refractivity (Wildman–Crippen MR) is 85.5 cm³/mol. The molecule has 2 nitrogen and oxygen atoms in total. The van der Waals surface area contributed by atoms with Crippen molar-refractivity contribution >= 4 is 19.2 Å². The van der Waals surface area contributed by atoms with E-state index in [1.54, 1.807) is 26.5 Å². The van der Waals surface area contributed by atoms with Crippen molar-refractivity contribution in [1.29, 1.82) is 0 Å². The van der Waals surface area contributed by atoms with E-state index in [0.717, 1.165) is 17.7 Å². The van der Waals surface area contributed by atoms with Crippen molar-refractivity contribution in [2.45, 2.75) is 45.9 Å². The fourth-order valence-corrected chi connectivity index (χ4v) is 2.68. The summed E-state index contributed by atoms with van der Waals surface area (Å²) in [6.07, 6.45) is 2.87. The van der Waals surface area contributed by atoms with Gasteiger partial charge in [-0.05, 0) is 42.8 Å². The molecule has 21 heavy (non-hydrogen) atoms. The van der Waals surface area contributed by atoms with Crippen molar-refractivity contribution in [3.05, 3.63) is 46.4 Å². The lowest BCUT2D eigenvalue weighted by atomic mass is 9.45. The number of benzene rings is 1. The van der Waals surface area contributed by atoms with E-state index in [4.69, 9.17) is 0 Å². The zero-order valence-corrected chi connectivity index (χ0v) is 13.0. The van der Waals surface area contributed by atoms with Crippen LogP contribution in [0.1, 0.15) is 38.3 Å². The first-order valence-electron chi connectivity index (χ1n) is 7.19. The number of hydrogen-bond acceptors (Lipinski definition) is 2. The Morgan fingerprint density at radius 1 is 1.43 bits per heavy atom. The number of aliphatic imine (C=N–C) groups is 1. The van der Waals surface area contributed by atoms with Gasteiger partial charge in [0.25, 0.3) is 0 Å². The number of rotatable bonds is 3. The molecule has 0 saturated carbocycles. The summed E-state index contributed by atoms with van der Waals surface area (Å²) >= 11 is 0. The summed E-state index contributed by atoms with van der Waals surface area (Å²) in [4.78, 5) is 16.8. The Morgan fingerprint density at radius 3 is 2.81 bits per heavy atom. The molecule has 0 unspecified atom stereocenters. The minimum Gasteiger partial charge on any atom is -0.307 e. The second-order valence-corrected chi connectivity index (χ2v) is 6.19. The normalized spacial score (nSPS) is 18.2. The van der Waals surface area contributed by atoms with Crippen LogP contribution in [-0.2, 0) is 11.2 Å². The number of carbonyl (C=O) groups is 1. The first kappa shape index (κ1) is 15.7. The molecule has 0 aromatic heterocycles. The molecule has 0 fully saturated rings.